The summed E-state index contributed by atoms with van der Waals surface area (Å²) >= 11 is 0. The van der Waals surface area contributed by atoms with Gasteiger partial charge in [-0.15, -0.1) is 5.10 Å². The highest BCUT2D eigenvalue weighted by Crippen LogP contribution is 2.28. The second kappa shape index (κ2) is 6.26. The summed E-state index contributed by atoms with van der Waals surface area (Å²) in [5, 5.41) is 12.7. The Morgan fingerprint density at radius 2 is 1.83 bits per heavy atom. The molecule has 0 aliphatic carbocycles. The molecule has 0 amide bonds. The van der Waals surface area contributed by atoms with Crippen molar-refractivity contribution in [1.29, 1.82) is 0 Å². The van der Waals surface area contributed by atoms with Crippen LogP contribution in [0.2, 0.25) is 0 Å². The minimum absolute atomic E-state index is 0.0718. The van der Waals surface area contributed by atoms with E-state index < -0.39 is 0 Å². The molecule has 0 saturated carbocycles. The Labute approximate surface area is 145 Å². The van der Waals surface area contributed by atoms with Crippen molar-refractivity contribution < 1.29 is 0 Å². The molecule has 1 atom stereocenters. The first kappa shape index (κ1) is 16.3. The Hall–Kier alpha value is -1.20. The van der Waals surface area contributed by atoms with Crippen molar-refractivity contribution in [2.45, 2.75) is 45.1 Å². The molecule has 24 heavy (non-hydrogen) atoms. The highest BCUT2D eigenvalue weighted by molar-refractivity contribution is 5.41. The number of nitrogens with zero attached hydrogens (tertiary/aromatic N) is 4. The lowest BCUT2D eigenvalue weighted by atomic mass is 9.83. The highest BCUT2D eigenvalue weighted by atomic mass is 15.3. The van der Waals surface area contributed by atoms with Crippen molar-refractivity contribution >= 4 is 5.82 Å². The zero-order valence-corrected chi connectivity index (χ0v) is 15.3. The molecular weight excluding hydrogens is 298 g/mol. The van der Waals surface area contributed by atoms with Crippen molar-refractivity contribution in [1.82, 2.24) is 20.4 Å². The Balaban J connectivity index is 1.23. The van der Waals surface area contributed by atoms with Gasteiger partial charge in [0.1, 0.15) is 0 Å². The van der Waals surface area contributed by atoms with Crippen LogP contribution in [0.5, 0.6) is 0 Å². The summed E-state index contributed by atoms with van der Waals surface area (Å²) in [6.07, 6.45) is 2.79. The number of nitrogens with one attached hydrogen (secondary N) is 1. The molecule has 4 saturated heterocycles. The van der Waals surface area contributed by atoms with Crippen molar-refractivity contribution in [2.24, 2.45) is 11.8 Å². The van der Waals surface area contributed by atoms with E-state index >= 15 is 0 Å². The fourth-order valence-electron chi connectivity index (χ4n) is 4.29. The SMILES string of the molecule is CC(C)(C)c1ccc(N2CC(CNC3CN4CCC3CC4)C2)nn1. The number of hydrogen-bond acceptors (Lipinski definition) is 5. The summed E-state index contributed by atoms with van der Waals surface area (Å²) in [5.41, 5.74) is 1.13. The zero-order chi connectivity index (χ0) is 16.7. The predicted molar refractivity (Wildman–Crippen MR) is 97.4 cm³/mol. The van der Waals surface area contributed by atoms with Crippen LogP contribution in [0.1, 0.15) is 39.3 Å². The average Bonchev–Trinajstić information content (AvgIpc) is 2.54. The van der Waals surface area contributed by atoms with Crippen LogP contribution in [0.4, 0.5) is 5.82 Å². The first-order chi connectivity index (χ1) is 11.5. The number of rotatable bonds is 4. The van der Waals surface area contributed by atoms with Crippen LogP contribution < -0.4 is 10.2 Å². The van der Waals surface area contributed by atoms with Crippen LogP contribution in [0, 0.1) is 11.8 Å². The number of piperidine rings is 3. The smallest absolute Gasteiger partial charge is 0.151 e. The van der Waals surface area contributed by atoms with Gasteiger partial charge in [0.25, 0.3) is 0 Å². The van der Waals surface area contributed by atoms with E-state index in [0.29, 0.717) is 0 Å². The van der Waals surface area contributed by atoms with Crippen LogP contribution in [0.15, 0.2) is 12.1 Å². The van der Waals surface area contributed by atoms with E-state index in [9.17, 15) is 0 Å². The van der Waals surface area contributed by atoms with Crippen LogP contribution in [-0.2, 0) is 5.41 Å². The Morgan fingerprint density at radius 1 is 1.08 bits per heavy atom. The summed E-state index contributed by atoms with van der Waals surface area (Å²) in [7, 11) is 0. The molecule has 1 aromatic heterocycles. The monoisotopic (exact) mass is 329 g/mol. The summed E-state index contributed by atoms with van der Waals surface area (Å²) in [4.78, 5) is 4.97. The minimum atomic E-state index is 0.0718. The number of aromatic nitrogens is 2. The van der Waals surface area contributed by atoms with Gasteiger partial charge in [0, 0.05) is 43.6 Å². The van der Waals surface area contributed by atoms with E-state index in [1.54, 1.807) is 0 Å². The van der Waals surface area contributed by atoms with E-state index in [-0.39, 0.29) is 5.41 Å². The van der Waals surface area contributed by atoms with Crippen molar-refractivity contribution in [3.63, 3.8) is 0 Å². The van der Waals surface area contributed by atoms with E-state index in [1.165, 1.54) is 32.5 Å². The first-order valence-corrected chi connectivity index (χ1v) is 9.54. The van der Waals surface area contributed by atoms with Crippen LogP contribution in [0.3, 0.4) is 0 Å². The third kappa shape index (κ3) is 3.29. The molecule has 5 rings (SSSR count). The molecule has 5 heterocycles. The van der Waals surface area contributed by atoms with Crippen molar-refractivity contribution in [3.8, 4) is 0 Å². The topological polar surface area (TPSA) is 44.3 Å². The fraction of sp³-hybridized carbons (Fsp3) is 0.789. The third-order valence-electron chi connectivity index (χ3n) is 6.02. The van der Waals surface area contributed by atoms with Gasteiger partial charge in [-0.05, 0) is 44.0 Å². The second-order valence-corrected chi connectivity index (χ2v) is 8.95. The summed E-state index contributed by atoms with van der Waals surface area (Å²) in [6, 6.07) is 4.98. The van der Waals surface area contributed by atoms with Crippen molar-refractivity contribution in [2.75, 3.05) is 44.2 Å². The first-order valence-electron chi connectivity index (χ1n) is 9.54. The maximum Gasteiger partial charge on any atom is 0.151 e. The third-order valence-corrected chi connectivity index (χ3v) is 6.02. The molecule has 4 aliphatic rings. The molecule has 0 aromatic carbocycles. The normalized spacial score (nSPS) is 30.5. The van der Waals surface area contributed by atoms with Gasteiger partial charge >= 0.3 is 0 Å². The lowest BCUT2D eigenvalue weighted by Crippen LogP contribution is -2.59. The molecule has 0 spiro atoms. The quantitative estimate of drug-likeness (QED) is 0.914. The summed E-state index contributed by atoms with van der Waals surface area (Å²) < 4.78 is 0. The molecule has 5 heteroatoms. The molecule has 1 aromatic rings. The van der Waals surface area contributed by atoms with Gasteiger partial charge in [-0.25, -0.2) is 0 Å². The second-order valence-electron chi connectivity index (χ2n) is 8.95. The Bertz CT molecular complexity index is 550. The Kier molecular flexibility index (Phi) is 4.25. The molecule has 1 N–H and O–H groups in total. The van der Waals surface area contributed by atoms with Gasteiger partial charge in [0.05, 0.1) is 5.69 Å². The molecule has 4 aliphatic heterocycles. The van der Waals surface area contributed by atoms with Gasteiger partial charge in [-0.3, -0.25) is 0 Å². The average molecular weight is 329 g/mol. The molecule has 2 bridgehead atoms. The molecule has 4 fully saturated rings. The predicted octanol–water partition coefficient (Wildman–Crippen LogP) is 1.89. The van der Waals surface area contributed by atoms with Gasteiger partial charge in [-0.1, -0.05) is 20.8 Å². The van der Waals surface area contributed by atoms with Gasteiger partial charge in [0.15, 0.2) is 5.82 Å². The summed E-state index contributed by atoms with van der Waals surface area (Å²) in [5.74, 6) is 2.70. The van der Waals surface area contributed by atoms with Gasteiger partial charge in [-0.2, -0.15) is 5.10 Å². The maximum absolute atomic E-state index is 4.43. The molecule has 1 unspecified atom stereocenters. The van der Waals surface area contributed by atoms with E-state index in [2.05, 4.69) is 58.2 Å². The fourth-order valence-corrected chi connectivity index (χ4v) is 4.29. The van der Waals surface area contributed by atoms with Crippen molar-refractivity contribution in [3.05, 3.63) is 17.8 Å². The molecular formula is C19H31N5. The maximum atomic E-state index is 4.43. The van der Waals surface area contributed by atoms with Gasteiger partial charge < -0.3 is 15.1 Å². The minimum Gasteiger partial charge on any atom is -0.354 e. The number of fused-ring (bicyclic) bond motifs is 3. The van der Waals surface area contributed by atoms with Crippen LogP contribution >= 0.6 is 0 Å². The van der Waals surface area contributed by atoms with Crippen LogP contribution in [-0.4, -0.2) is 60.4 Å². The lowest BCUT2D eigenvalue weighted by Gasteiger charge is -2.47. The van der Waals surface area contributed by atoms with Gasteiger partial charge in [0.2, 0.25) is 0 Å². The zero-order valence-electron chi connectivity index (χ0n) is 15.3. The number of anilines is 1. The van der Waals surface area contributed by atoms with E-state index in [4.69, 9.17) is 0 Å². The Morgan fingerprint density at radius 3 is 2.38 bits per heavy atom. The molecule has 132 valence electrons. The lowest BCUT2D eigenvalue weighted by molar-refractivity contribution is 0.0700. The molecule has 5 nitrogen and oxygen atoms in total. The highest BCUT2D eigenvalue weighted by Gasteiger charge is 2.35. The summed E-state index contributed by atoms with van der Waals surface area (Å²) in [6.45, 7) is 13.8. The number of hydrogen-bond donors (Lipinski definition) is 1. The van der Waals surface area contributed by atoms with Crippen LogP contribution in [0.25, 0.3) is 0 Å². The van der Waals surface area contributed by atoms with E-state index in [0.717, 1.165) is 49.0 Å². The standard InChI is InChI=1S/C19H31N5/c1-19(2,3)17-4-5-18(22-21-17)24-11-14(12-24)10-20-16-13-23-8-6-15(16)7-9-23/h4-5,14-16,20H,6-13H2,1-3H3. The molecule has 0 radical (unpaired) electrons. The van der Waals surface area contributed by atoms with E-state index in [1.807, 2.05) is 0 Å². The largest absolute Gasteiger partial charge is 0.354 e.